The van der Waals surface area contributed by atoms with Crippen LogP contribution in [0.1, 0.15) is 24.8 Å². The van der Waals surface area contributed by atoms with E-state index in [1.54, 1.807) is 11.8 Å². The molecule has 0 unspecified atom stereocenters. The molecule has 1 fully saturated rings. The van der Waals surface area contributed by atoms with Crippen molar-refractivity contribution in [3.05, 3.63) is 34.9 Å². The molecule has 0 radical (unpaired) electrons. The third-order valence-corrected chi connectivity index (χ3v) is 4.51. The zero-order valence-electron chi connectivity index (χ0n) is 12.1. The predicted molar refractivity (Wildman–Crippen MR) is 88.8 cm³/mol. The summed E-state index contributed by atoms with van der Waals surface area (Å²) in [5.41, 5.74) is 1.19. The fourth-order valence-corrected chi connectivity index (χ4v) is 2.77. The summed E-state index contributed by atoms with van der Waals surface area (Å²) in [4.78, 5) is 11.6. The summed E-state index contributed by atoms with van der Waals surface area (Å²) in [5.74, 6) is 2.22. The second-order valence-corrected chi connectivity index (χ2v) is 6.76. The van der Waals surface area contributed by atoms with E-state index >= 15 is 0 Å². The Kier molecular flexibility index (Phi) is 7.41. The van der Waals surface area contributed by atoms with E-state index in [4.69, 9.17) is 16.3 Å². The number of rotatable bonds is 10. The van der Waals surface area contributed by atoms with Crippen molar-refractivity contribution < 1.29 is 9.53 Å². The number of hydrogen-bond donors (Lipinski definition) is 1. The molecule has 1 aliphatic rings. The van der Waals surface area contributed by atoms with Crippen molar-refractivity contribution in [3.8, 4) is 0 Å². The van der Waals surface area contributed by atoms with Gasteiger partial charge in [-0.15, -0.1) is 11.8 Å². The Morgan fingerprint density at radius 1 is 1.33 bits per heavy atom. The Labute approximate surface area is 135 Å². The minimum absolute atomic E-state index is 0.0937. The normalized spacial score (nSPS) is 14.1. The smallest absolute Gasteiger partial charge is 0.230 e. The van der Waals surface area contributed by atoms with Crippen molar-refractivity contribution in [1.29, 1.82) is 0 Å². The molecule has 0 aromatic heterocycles. The number of thioether (sulfide) groups is 1. The van der Waals surface area contributed by atoms with Gasteiger partial charge in [0.25, 0.3) is 0 Å². The predicted octanol–water partition coefficient (Wildman–Crippen LogP) is 3.51. The molecule has 0 heterocycles. The maximum Gasteiger partial charge on any atom is 0.230 e. The first kappa shape index (κ1) is 16.7. The zero-order valence-corrected chi connectivity index (χ0v) is 13.7. The summed E-state index contributed by atoms with van der Waals surface area (Å²) in [6.07, 6.45) is 3.53. The van der Waals surface area contributed by atoms with Crippen LogP contribution in [0.4, 0.5) is 0 Å². The highest BCUT2D eigenvalue weighted by atomic mass is 35.5. The highest BCUT2D eigenvalue weighted by Gasteiger charge is 2.20. The van der Waals surface area contributed by atoms with Gasteiger partial charge in [-0.2, -0.15) is 0 Å². The average Bonchev–Trinajstić information content (AvgIpc) is 3.29. The summed E-state index contributed by atoms with van der Waals surface area (Å²) < 4.78 is 5.52. The fourth-order valence-electron chi connectivity index (χ4n) is 1.83. The molecule has 0 atom stereocenters. The van der Waals surface area contributed by atoms with Gasteiger partial charge in [-0.05, 0) is 42.9 Å². The molecule has 0 saturated heterocycles. The molecule has 5 heteroatoms. The highest BCUT2D eigenvalue weighted by Crippen LogP contribution is 2.28. The molecule has 1 aromatic carbocycles. The quantitative estimate of drug-likeness (QED) is 0.668. The number of amides is 1. The van der Waals surface area contributed by atoms with Crippen molar-refractivity contribution in [2.75, 3.05) is 25.5 Å². The summed E-state index contributed by atoms with van der Waals surface area (Å²) >= 11 is 7.44. The summed E-state index contributed by atoms with van der Waals surface area (Å²) in [5, 5.41) is 3.66. The third-order valence-electron chi connectivity index (χ3n) is 3.25. The van der Waals surface area contributed by atoms with Crippen molar-refractivity contribution in [3.63, 3.8) is 0 Å². The van der Waals surface area contributed by atoms with Crippen molar-refractivity contribution >= 4 is 29.3 Å². The van der Waals surface area contributed by atoms with E-state index in [0.717, 1.165) is 36.3 Å². The molecule has 1 aliphatic carbocycles. The largest absolute Gasteiger partial charge is 0.381 e. The maximum atomic E-state index is 11.6. The van der Waals surface area contributed by atoms with Crippen LogP contribution in [0.5, 0.6) is 0 Å². The van der Waals surface area contributed by atoms with Gasteiger partial charge in [0.05, 0.1) is 5.75 Å². The lowest BCUT2D eigenvalue weighted by molar-refractivity contribution is -0.118. The number of halogens is 1. The third kappa shape index (κ3) is 7.74. The minimum atomic E-state index is 0.0937. The van der Waals surface area contributed by atoms with Gasteiger partial charge < -0.3 is 10.1 Å². The molecule has 1 amide bonds. The van der Waals surface area contributed by atoms with Gasteiger partial charge >= 0.3 is 0 Å². The molecular weight excluding hydrogens is 306 g/mol. The van der Waals surface area contributed by atoms with Crippen molar-refractivity contribution in [2.45, 2.75) is 25.0 Å². The highest BCUT2D eigenvalue weighted by molar-refractivity contribution is 7.99. The molecule has 2 rings (SSSR count). The van der Waals surface area contributed by atoms with E-state index in [-0.39, 0.29) is 5.91 Å². The van der Waals surface area contributed by atoms with Gasteiger partial charge in [0, 0.05) is 30.5 Å². The molecule has 0 aliphatic heterocycles. The Morgan fingerprint density at radius 3 is 2.81 bits per heavy atom. The van der Waals surface area contributed by atoms with Crippen LogP contribution < -0.4 is 5.32 Å². The molecule has 21 heavy (non-hydrogen) atoms. The Balaban J connectivity index is 1.44. The second kappa shape index (κ2) is 9.34. The number of ether oxygens (including phenoxy) is 1. The molecule has 3 nitrogen and oxygen atoms in total. The van der Waals surface area contributed by atoms with Gasteiger partial charge in [0.15, 0.2) is 0 Å². The van der Waals surface area contributed by atoms with Gasteiger partial charge in [0.2, 0.25) is 5.91 Å². The first-order valence-corrected chi connectivity index (χ1v) is 8.94. The average molecular weight is 328 g/mol. The maximum absolute atomic E-state index is 11.6. The zero-order chi connectivity index (χ0) is 14.9. The van der Waals surface area contributed by atoms with Crippen molar-refractivity contribution in [1.82, 2.24) is 5.32 Å². The lowest BCUT2D eigenvalue weighted by Crippen LogP contribution is -2.27. The topological polar surface area (TPSA) is 38.3 Å². The standard InChI is InChI=1S/C16H22ClNO2S/c17-15-6-4-14(5-7-15)11-21-12-16(19)18-8-1-9-20-10-13-2-3-13/h4-7,13H,1-3,8-12H2,(H,18,19). The molecule has 116 valence electrons. The van der Waals surface area contributed by atoms with Crippen LogP contribution in [0, 0.1) is 5.92 Å². The molecular formula is C16H22ClNO2S. The summed E-state index contributed by atoms with van der Waals surface area (Å²) in [6.45, 7) is 2.34. The van der Waals surface area contributed by atoms with Crippen LogP contribution >= 0.6 is 23.4 Å². The van der Waals surface area contributed by atoms with Crippen LogP contribution in [0.3, 0.4) is 0 Å². The van der Waals surface area contributed by atoms with Crippen molar-refractivity contribution in [2.24, 2.45) is 5.92 Å². The number of carbonyl (C=O) groups is 1. The van der Waals surface area contributed by atoms with Crippen LogP contribution in [-0.4, -0.2) is 31.4 Å². The number of carbonyl (C=O) groups excluding carboxylic acids is 1. The van der Waals surface area contributed by atoms with E-state index in [2.05, 4.69) is 5.32 Å². The van der Waals surface area contributed by atoms with Gasteiger partial charge in [-0.3, -0.25) is 4.79 Å². The van der Waals surface area contributed by atoms with E-state index in [9.17, 15) is 4.79 Å². The molecule has 0 bridgehead atoms. The summed E-state index contributed by atoms with van der Waals surface area (Å²) in [7, 11) is 0. The number of nitrogens with one attached hydrogen (secondary N) is 1. The monoisotopic (exact) mass is 327 g/mol. The second-order valence-electron chi connectivity index (χ2n) is 5.34. The minimum Gasteiger partial charge on any atom is -0.381 e. The number of hydrogen-bond acceptors (Lipinski definition) is 3. The first-order chi connectivity index (χ1) is 10.2. The summed E-state index contributed by atoms with van der Waals surface area (Å²) in [6, 6.07) is 7.73. The Bertz CT molecular complexity index is 434. The van der Waals surface area contributed by atoms with Gasteiger partial charge in [-0.25, -0.2) is 0 Å². The molecule has 1 saturated carbocycles. The number of benzene rings is 1. The molecule has 1 aromatic rings. The van der Waals surface area contributed by atoms with E-state index in [0.29, 0.717) is 12.3 Å². The van der Waals surface area contributed by atoms with Crippen LogP contribution in [0.15, 0.2) is 24.3 Å². The van der Waals surface area contributed by atoms with Crippen LogP contribution in [0.25, 0.3) is 0 Å². The van der Waals surface area contributed by atoms with Crippen LogP contribution in [-0.2, 0) is 15.3 Å². The van der Waals surface area contributed by atoms with Gasteiger partial charge in [-0.1, -0.05) is 23.7 Å². The SMILES string of the molecule is O=C(CSCc1ccc(Cl)cc1)NCCCOCC1CC1. The fraction of sp³-hybridized carbons (Fsp3) is 0.562. The van der Waals surface area contributed by atoms with Gasteiger partial charge in [0.1, 0.15) is 0 Å². The first-order valence-electron chi connectivity index (χ1n) is 7.40. The molecule has 1 N–H and O–H groups in total. The lowest BCUT2D eigenvalue weighted by atomic mass is 10.2. The van der Waals surface area contributed by atoms with E-state index in [1.807, 2.05) is 24.3 Å². The Hall–Kier alpha value is -0.710. The van der Waals surface area contributed by atoms with E-state index in [1.165, 1.54) is 18.4 Å². The Morgan fingerprint density at radius 2 is 2.10 bits per heavy atom. The molecule has 0 spiro atoms. The lowest BCUT2D eigenvalue weighted by Gasteiger charge is -2.06. The van der Waals surface area contributed by atoms with Crippen LogP contribution in [0.2, 0.25) is 5.02 Å². The van der Waals surface area contributed by atoms with E-state index < -0.39 is 0 Å².